The van der Waals surface area contributed by atoms with Gasteiger partial charge in [-0.2, -0.15) is 0 Å². The predicted molar refractivity (Wildman–Crippen MR) is 116 cm³/mol. The Labute approximate surface area is 186 Å². The molecule has 0 spiro atoms. The van der Waals surface area contributed by atoms with Crippen molar-refractivity contribution < 1.29 is 18.7 Å². The van der Waals surface area contributed by atoms with Crippen LogP contribution >= 0.6 is 34.8 Å². The number of hydrogen-bond donors (Lipinski definition) is 1. The number of esters is 1. The Hall–Kier alpha value is -2.54. The van der Waals surface area contributed by atoms with E-state index in [0.29, 0.717) is 11.9 Å². The first-order valence-electron chi connectivity index (χ1n) is 8.89. The minimum Gasteiger partial charge on any atom is -0.423 e. The van der Waals surface area contributed by atoms with E-state index < -0.39 is 17.5 Å². The maximum Gasteiger partial charge on any atom is 0.349 e. The van der Waals surface area contributed by atoms with Crippen molar-refractivity contribution >= 4 is 57.6 Å². The van der Waals surface area contributed by atoms with Crippen LogP contribution in [0.1, 0.15) is 34.6 Å². The van der Waals surface area contributed by atoms with Gasteiger partial charge >= 0.3 is 11.6 Å². The first-order chi connectivity index (χ1) is 14.2. The Morgan fingerprint density at radius 3 is 2.47 bits per heavy atom. The molecule has 9 heteroatoms. The van der Waals surface area contributed by atoms with Gasteiger partial charge in [-0.25, -0.2) is 9.59 Å². The number of benzene rings is 2. The Balaban J connectivity index is 1.89. The lowest BCUT2D eigenvalue weighted by atomic mass is 10.1. The number of carbonyl (C=O) groups excluding carboxylic acids is 2. The summed E-state index contributed by atoms with van der Waals surface area (Å²) in [4.78, 5) is 36.9. The van der Waals surface area contributed by atoms with Crippen molar-refractivity contribution in [3.8, 4) is 5.75 Å². The molecule has 0 radical (unpaired) electrons. The standard InChI is InChI=1S/C21H16Cl3NO5/c1-10(2)9-25-19(26)13-7-11-3-4-12(8-16(11)30-20(13)27)29-21(28)17-14(22)5-6-15(23)18(17)24/h3-8,10H,9H2,1-2H3,(H,25,26). The van der Waals surface area contributed by atoms with Crippen LogP contribution in [0.15, 0.2) is 45.6 Å². The van der Waals surface area contributed by atoms with Gasteiger partial charge in [-0.1, -0.05) is 48.7 Å². The molecule has 1 N–H and O–H groups in total. The Bertz CT molecular complexity index is 1200. The topological polar surface area (TPSA) is 85.6 Å². The van der Waals surface area contributed by atoms with Crippen molar-refractivity contribution in [2.24, 2.45) is 5.92 Å². The lowest BCUT2D eigenvalue weighted by molar-refractivity contribution is 0.0735. The minimum absolute atomic E-state index is 0.0291. The van der Waals surface area contributed by atoms with Crippen molar-refractivity contribution in [1.82, 2.24) is 5.32 Å². The molecule has 3 aromatic rings. The van der Waals surface area contributed by atoms with E-state index in [-0.39, 0.29) is 43.4 Å². The van der Waals surface area contributed by atoms with Gasteiger partial charge in [0.1, 0.15) is 16.9 Å². The average molecular weight is 469 g/mol. The van der Waals surface area contributed by atoms with E-state index in [1.54, 1.807) is 6.07 Å². The molecule has 0 unspecified atom stereocenters. The first kappa shape index (κ1) is 22.2. The van der Waals surface area contributed by atoms with E-state index >= 15 is 0 Å². The van der Waals surface area contributed by atoms with Crippen molar-refractivity contribution in [3.05, 3.63) is 73.0 Å². The fourth-order valence-electron chi connectivity index (χ4n) is 2.58. The Kier molecular flexibility index (Phi) is 6.71. The fraction of sp³-hybridized carbons (Fsp3) is 0.190. The summed E-state index contributed by atoms with van der Waals surface area (Å²) in [6, 6.07) is 8.72. The van der Waals surface area contributed by atoms with Gasteiger partial charge in [0.2, 0.25) is 0 Å². The van der Waals surface area contributed by atoms with Crippen molar-refractivity contribution in [2.75, 3.05) is 6.54 Å². The summed E-state index contributed by atoms with van der Waals surface area (Å²) in [5, 5.41) is 3.37. The SMILES string of the molecule is CC(C)CNC(=O)c1cc2ccc(OC(=O)c3c(Cl)ccc(Cl)c3Cl)cc2oc1=O. The lowest BCUT2D eigenvalue weighted by Crippen LogP contribution is -2.31. The Morgan fingerprint density at radius 2 is 1.77 bits per heavy atom. The molecule has 0 aliphatic rings. The summed E-state index contributed by atoms with van der Waals surface area (Å²) in [7, 11) is 0. The Morgan fingerprint density at radius 1 is 1.07 bits per heavy atom. The number of amides is 1. The zero-order chi connectivity index (χ0) is 22.0. The van der Waals surface area contributed by atoms with Crippen molar-refractivity contribution in [1.29, 1.82) is 0 Å². The van der Waals surface area contributed by atoms with Gasteiger partial charge < -0.3 is 14.5 Å². The lowest BCUT2D eigenvalue weighted by Gasteiger charge is -2.10. The smallest absolute Gasteiger partial charge is 0.349 e. The number of carbonyl (C=O) groups is 2. The van der Waals surface area contributed by atoms with Gasteiger partial charge in [0.15, 0.2) is 0 Å². The summed E-state index contributed by atoms with van der Waals surface area (Å²) < 4.78 is 10.5. The van der Waals surface area contributed by atoms with Crippen LogP contribution in [-0.2, 0) is 0 Å². The molecule has 0 atom stereocenters. The van der Waals surface area contributed by atoms with Crippen molar-refractivity contribution in [2.45, 2.75) is 13.8 Å². The van der Waals surface area contributed by atoms with Crippen LogP contribution in [0.5, 0.6) is 5.75 Å². The van der Waals surface area contributed by atoms with E-state index in [4.69, 9.17) is 44.0 Å². The molecule has 3 rings (SSSR count). The molecule has 0 bridgehead atoms. The molecule has 2 aromatic carbocycles. The maximum absolute atomic E-state index is 12.5. The zero-order valence-electron chi connectivity index (χ0n) is 15.9. The minimum atomic E-state index is -0.820. The van der Waals surface area contributed by atoms with Gasteiger partial charge in [-0.3, -0.25) is 4.79 Å². The summed E-state index contributed by atoms with van der Waals surface area (Å²) in [6.45, 7) is 4.31. The van der Waals surface area contributed by atoms with Crippen LogP contribution in [0.2, 0.25) is 15.1 Å². The number of hydrogen-bond acceptors (Lipinski definition) is 5. The van der Waals surface area contributed by atoms with Gasteiger partial charge in [0.25, 0.3) is 5.91 Å². The van der Waals surface area contributed by atoms with Crippen LogP contribution in [-0.4, -0.2) is 18.4 Å². The molecule has 0 saturated heterocycles. The number of fused-ring (bicyclic) bond motifs is 1. The molecule has 156 valence electrons. The number of ether oxygens (including phenoxy) is 1. The van der Waals surface area contributed by atoms with Crippen LogP contribution in [0.4, 0.5) is 0 Å². The molecule has 1 amide bonds. The third-order valence-electron chi connectivity index (χ3n) is 4.08. The average Bonchev–Trinajstić information content (AvgIpc) is 2.68. The summed E-state index contributed by atoms with van der Waals surface area (Å²) in [5.41, 5.74) is -0.836. The van der Waals surface area contributed by atoms with Crippen molar-refractivity contribution in [3.63, 3.8) is 0 Å². The summed E-state index contributed by atoms with van der Waals surface area (Å²) >= 11 is 18.0. The fourth-order valence-corrected chi connectivity index (χ4v) is 3.26. The second-order valence-corrected chi connectivity index (χ2v) is 8.05. The second-order valence-electron chi connectivity index (χ2n) is 6.86. The van der Waals surface area contributed by atoms with Gasteiger partial charge in [-0.15, -0.1) is 0 Å². The van der Waals surface area contributed by atoms with E-state index in [2.05, 4.69) is 5.32 Å². The molecule has 6 nitrogen and oxygen atoms in total. The molecular weight excluding hydrogens is 453 g/mol. The normalized spacial score (nSPS) is 11.0. The third-order valence-corrected chi connectivity index (χ3v) is 5.20. The molecule has 0 aliphatic carbocycles. The molecular formula is C21H16Cl3NO5. The zero-order valence-corrected chi connectivity index (χ0v) is 18.2. The molecule has 1 heterocycles. The molecule has 0 aliphatic heterocycles. The number of nitrogens with one attached hydrogen (secondary N) is 1. The molecule has 0 saturated carbocycles. The second kappa shape index (κ2) is 9.08. The highest BCUT2D eigenvalue weighted by Gasteiger charge is 2.20. The van der Waals surface area contributed by atoms with Gasteiger partial charge in [-0.05, 0) is 36.2 Å². The number of rotatable bonds is 5. The largest absolute Gasteiger partial charge is 0.423 e. The highest BCUT2D eigenvalue weighted by atomic mass is 35.5. The van der Waals surface area contributed by atoms with Crippen LogP contribution in [0, 0.1) is 5.92 Å². The van der Waals surface area contributed by atoms with Crippen LogP contribution < -0.4 is 15.7 Å². The monoisotopic (exact) mass is 467 g/mol. The quantitative estimate of drug-likeness (QED) is 0.236. The first-order valence-corrected chi connectivity index (χ1v) is 10.0. The van der Waals surface area contributed by atoms with E-state index in [1.807, 2.05) is 13.8 Å². The molecule has 0 fully saturated rings. The van der Waals surface area contributed by atoms with Gasteiger partial charge in [0, 0.05) is 18.0 Å². The maximum atomic E-state index is 12.5. The highest BCUT2D eigenvalue weighted by molar-refractivity contribution is 6.46. The van der Waals surface area contributed by atoms with E-state index in [0.717, 1.165) is 0 Å². The predicted octanol–water partition coefficient (Wildman–Crippen LogP) is 5.36. The number of halogens is 3. The third kappa shape index (κ3) is 4.78. The van der Waals surface area contributed by atoms with E-state index in [9.17, 15) is 14.4 Å². The van der Waals surface area contributed by atoms with Gasteiger partial charge in [0.05, 0.1) is 20.6 Å². The highest BCUT2D eigenvalue weighted by Crippen LogP contribution is 2.32. The van der Waals surface area contributed by atoms with Crippen LogP contribution in [0.3, 0.4) is 0 Å². The summed E-state index contributed by atoms with van der Waals surface area (Å²) in [6.07, 6.45) is 0. The molecule has 1 aromatic heterocycles. The molecule has 30 heavy (non-hydrogen) atoms. The summed E-state index contributed by atoms with van der Waals surface area (Å²) in [5.74, 6) is -1.00. The van der Waals surface area contributed by atoms with E-state index in [1.165, 1.54) is 30.3 Å². The van der Waals surface area contributed by atoms with Crippen LogP contribution in [0.25, 0.3) is 11.0 Å².